The summed E-state index contributed by atoms with van der Waals surface area (Å²) in [7, 11) is 0. The van der Waals surface area contributed by atoms with Crippen molar-refractivity contribution in [2.75, 3.05) is 26.2 Å². The van der Waals surface area contributed by atoms with E-state index in [-0.39, 0.29) is 0 Å². The lowest BCUT2D eigenvalue weighted by atomic mass is 9.86. The molecular weight excluding hydrogens is 236 g/mol. The number of nitrogens with zero attached hydrogens (tertiary/aromatic N) is 1. The standard InChI is InChI=1S/C16H30N2O/c1-16(2,11-17-13-7-8-13)12-18-9-10-19-15-6-4-3-5-14(15)18/h13-15,17H,3-12H2,1-2H3. The van der Waals surface area contributed by atoms with Gasteiger partial charge in [0.2, 0.25) is 0 Å². The molecule has 110 valence electrons. The third kappa shape index (κ3) is 3.71. The van der Waals surface area contributed by atoms with Crippen molar-refractivity contribution in [1.29, 1.82) is 0 Å². The minimum Gasteiger partial charge on any atom is -0.375 e. The fourth-order valence-electron chi connectivity index (χ4n) is 3.69. The molecule has 3 rings (SSSR count). The summed E-state index contributed by atoms with van der Waals surface area (Å²) < 4.78 is 5.98. The molecule has 1 saturated heterocycles. The van der Waals surface area contributed by atoms with E-state index in [4.69, 9.17) is 4.74 Å². The van der Waals surface area contributed by atoms with Crippen LogP contribution in [0.25, 0.3) is 0 Å². The molecule has 0 aromatic heterocycles. The van der Waals surface area contributed by atoms with Crippen LogP contribution >= 0.6 is 0 Å². The Hall–Kier alpha value is -0.120. The first-order chi connectivity index (χ1) is 9.14. The molecule has 0 radical (unpaired) electrons. The number of rotatable bonds is 5. The van der Waals surface area contributed by atoms with Gasteiger partial charge in [-0.25, -0.2) is 0 Å². The molecule has 1 N–H and O–H groups in total. The summed E-state index contributed by atoms with van der Waals surface area (Å²) in [6, 6.07) is 1.52. The summed E-state index contributed by atoms with van der Waals surface area (Å²) in [5.41, 5.74) is 0.377. The molecule has 1 heterocycles. The summed E-state index contributed by atoms with van der Waals surface area (Å²) in [4.78, 5) is 2.72. The summed E-state index contributed by atoms with van der Waals surface area (Å²) in [6.45, 7) is 9.27. The third-order valence-corrected chi connectivity index (χ3v) is 4.92. The van der Waals surface area contributed by atoms with Crippen molar-refractivity contribution >= 4 is 0 Å². The van der Waals surface area contributed by atoms with E-state index in [9.17, 15) is 0 Å². The van der Waals surface area contributed by atoms with Crippen molar-refractivity contribution < 1.29 is 4.74 Å². The molecule has 0 spiro atoms. The van der Waals surface area contributed by atoms with E-state index in [0.717, 1.165) is 25.7 Å². The maximum atomic E-state index is 5.98. The van der Waals surface area contributed by atoms with Gasteiger partial charge in [-0.05, 0) is 31.1 Å². The fourth-order valence-corrected chi connectivity index (χ4v) is 3.69. The molecular formula is C16H30N2O. The van der Waals surface area contributed by atoms with Gasteiger partial charge in [-0.1, -0.05) is 26.7 Å². The molecule has 2 aliphatic carbocycles. The molecule has 0 aromatic rings. The third-order valence-electron chi connectivity index (χ3n) is 4.92. The molecule has 2 saturated carbocycles. The van der Waals surface area contributed by atoms with Crippen molar-refractivity contribution in [1.82, 2.24) is 10.2 Å². The normalized spacial score (nSPS) is 33.2. The lowest BCUT2D eigenvalue weighted by Crippen LogP contribution is -2.55. The molecule has 3 aliphatic rings. The minimum absolute atomic E-state index is 0.377. The number of ether oxygens (including phenoxy) is 1. The van der Waals surface area contributed by atoms with Crippen LogP contribution in [0.4, 0.5) is 0 Å². The maximum Gasteiger partial charge on any atom is 0.0730 e. The zero-order valence-electron chi connectivity index (χ0n) is 12.7. The van der Waals surface area contributed by atoms with E-state index in [1.807, 2.05) is 0 Å². The quantitative estimate of drug-likeness (QED) is 0.827. The van der Waals surface area contributed by atoms with E-state index in [1.165, 1.54) is 45.1 Å². The summed E-state index contributed by atoms with van der Waals surface area (Å²) in [6.07, 6.45) is 8.67. The van der Waals surface area contributed by atoms with Crippen LogP contribution in [0.2, 0.25) is 0 Å². The zero-order valence-corrected chi connectivity index (χ0v) is 12.7. The smallest absolute Gasteiger partial charge is 0.0730 e. The van der Waals surface area contributed by atoms with Gasteiger partial charge in [0.1, 0.15) is 0 Å². The second-order valence-electron chi connectivity index (χ2n) is 7.55. The van der Waals surface area contributed by atoms with E-state index in [0.29, 0.717) is 17.6 Å². The highest BCUT2D eigenvalue weighted by Gasteiger charge is 2.36. The lowest BCUT2D eigenvalue weighted by Gasteiger charge is -2.46. The highest BCUT2D eigenvalue weighted by molar-refractivity contribution is 4.91. The van der Waals surface area contributed by atoms with E-state index < -0.39 is 0 Å². The van der Waals surface area contributed by atoms with Gasteiger partial charge in [0, 0.05) is 31.7 Å². The summed E-state index contributed by atoms with van der Waals surface area (Å²) in [5.74, 6) is 0. The average molecular weight is 266 g/mol. The van der Waals surface area contributed by atoms with Crippen LogP contribution in [0.1, 0.15) is 52.4 Å². The number of fused-ring (bicyclic) bond motifs is 1. The van der Waals surface area contributed by atoms with Gasteiger partial charge in [-0.2, -0.15) is 0 Å². The van der Waals surface area contributed by atoms with Crippen LogP contribution < -0.4 is 5.32 Å². The molecule has 0 aromatic carbocycles. The first-order valence-electron chi connectivity index (χ1n) is 8.23. The average Bonchev–Trinajstić information content (AvgIpc) is 3.21. The maximum absolute atomic E-state index is 5.98. The second kappa shape index (κ2) is 5.71. The Labute approximate surface area is 118 Å². The van der Waals surface area contributed by atoms with Crippen molar-refractivity contribution in [3.05, 3.63) is 0 Å². The Kier molecular flexibility index (Phi) is 4.16. The Morgan fingerprint density at radius 2 is 1.95 bits per heavy atom. The van der Waals surface area contributed by atoms with Gasteiger partial charge >= 0.3 is 0 Å². The highest BCUT2D eigenvalue weighted by atomic mass is 16.5. The van der Waals surface area contributed by atoms with E-state index in [1.54, 1.807) is 0 Å². The number of morpholine rings is 1. The van der Waals surface area contributed by atoms with Crippen molar-refractivity contribution in [3.63, 3.8) is 0 Å². The lowest BCUT2D eigenvalue weighted by molar-refractivity contribution is -0.0965. The second-order valence-corrected chi connectivity index (χ2v) is 7.55. The van der Waals surface area contributed by atoms with Crippen LogP contribution in [-0.2, 0) is 4.74 Å². The Morgan fingerprint density at radius 3 is 2.74 bits per heavy atom. The van der Waals surface area contributed by atoms with Crippen LogP contribution in [-0.4, -0.2) is 49.3 Å². The molecule has 2 unspecified atom stereocenters. The molecule has 3 nitrogen and oxygen atoms in total. The largest absolute Gasteiger partial charge is 0.375 e. The predicted molar refractivity (Wildman–Crippen MR) is 78.4 cm³/mol. The van der Waals surface area contributed by atoms with Gasteiger partial charge in [-0.15, -0.1) is 0 Å². The monoisotopic (exact) mass is 266 g/mol. The Morgan fingerprint density at radius 1 is 1.16 bits per heavy atom. The molecule has 0 bridgehead atoms. The number of hydrogen-bond acceptors (Lipinski definition) is 3. The Balaban J connectivity index is 1.53. The van der Waals surface area contributed by atoms with Gasteiger partial charge in [0.15, 0.2) is 0 Å². The molecule has 0 amide bonds. The first kappa shape index (κ1) is 13.8. The Bertz CT molecular complexity index is 299. The van der Waals surface area contributed by atoms with Gasteiger partial charge in [0.25, 0.3) is 0 Å². The van der Waals surface area contributed by atoms with Gasteiger partial charge in [-0.3, -0.25) is 4.90 Å². The van der Waals surface area contributed by atoms with Gasteiger partial charge in [0.05, 0.1) is 12.7 Å². The minimum atomic E-state index is 0.377. The number of nitrogens with one attached hydrogen (secondary N) is 1. The summed E-state index contributed by atoms with van der Waals surface area (Å²) >= 11 is 0. The predicted octanol–water partition coefficient (Wildman–Crippen LogP) is 2.41. The van der Waals surface area contributed by atoms with E-state index >= 15 is 0 Å². The summed E-state index contributed by atoms with van der Waals surface area (Å²) in [5, 5.41) is 3.70. The van der Waals surface area contributed by atoms with Crippen LogP contribution in [0.15, 0.2) is 0 Å². The first-order valence-corrected chi connectivity index (χ1v) is 8.23. The zero-order chi connectivity index (χ0) is 13.3. The molecule has 19 heavy (non-hydrogen) atoms. The number of hydrogen-bond donors (Lipinski definition) is 1. The van der Waals surface area contributed by atoms with Crippen molar-refractivity contribution in [3.8, 4) is 0 Å². The topological polar surface area (TPSA) is 24.5 Å². The molecule has 3 heteroatoms. The molecule has 3 fully saturated rings. The SMILES string of the molecule is CC(C)(CNC1CC1)CN1CCOC2CCCCC21. The van der Waals surface area contributed by atoms with E-state index in [2.05, 4.69) is 24.1 Å². The fraction of sp³-hybridized carbons (Fsp3) is 1.00. The van der Waals surface area contributed by atoms with Gasteiger partial charge < -0.3 is 10.1 Å². The van der Waals surface area contributed by atoms with Crippen LogP contribution in [0.5, 0.6) is 0 Å². The molecule has 1 aliphatic heterocycles. The van der Waals surface area contributed by atoms with Crippen LogP contribution in [0, 0.1) is 5.41 Å². The molecule has 2 atom stereocenters. The highest BCUT2D eigenvalue weighted by Crippen LogP contribution is 2.31. The van der Waals surface area contributed by atoms with Crippen LogP contribution in [0.3, 0.4) is 0 Å². The van der Waals surface area contributed by atoms with Crippen molar-refractivity contribution in [2.45, 2.75) is 70.6 Å². The van der Waals surface area contributed by atoms with Crippen molar-refractivity contribution in [2.24, 2.45) is 5.41 Å².